The van der Waals surface area contributed by atoms with Crippen molar-refractivity contribution in [2.24, 2.45) is 5.73 Å². The van der Waals surface area contributed by atoms with E-state index in [-0.39, 0.29) is 6.54 Å². The standard InChI is InChI=1S/C13H15N3O2/c14-8-12-15-13(16-18-12)10-6-1-2-7-11(10)17-9-4-3-5-9/h1-2,6-7,9H,3-5,8,14H2. The molecule has 94 valence electrons. The second-order valence-electron chi connectivity index (χ2n) is 4.38. The van der Waals surface area contributed by atoms with Crippen molar-refractivity contribution < 1.29 is 9.26 Å². The van der Waals surface area contributed by atoms with Crippen LogP contribution in [0.4, 0.5) is 0 Å². The molecule has 1 aliphatic rings. The van der Waals surface area contributed by atoms with Gasteiger partial charge in [0.05, 0.1) is 18.2 Å². The number of benzene rings is 1. The third kappa shape index (κ3) is 2.09. The fourth-order valence-corrected chi connectivity index (χ4v) is 1.87. The first-order valence-corrected chi connectivity index (χ1v) is 6.15. The van der Waals surface area contributed by atoms with Crippen LogP contribution in [0.15, 0.2) is 28.8 Å². The van der Waals surface area contributed by atoms with Gasteiger partial charge in [-0.2, -0.15) is 4.98 Å². The third-order valence-electron chi connectivity index (χ3n) is 3.12. The molecule has 5 nitrogen and oxygen atoms in total. The molecule has 3 rings (SSSR count). The summed E-state index contributed by atoms with van der Waals surface area (Å²) in [7, 11) is 0. The minimum atomic E-state index is 0.249. The molecule has 0 bridgehead atoms. The van der Waals surface area contributed by atoms with Crippen LogP contribution in [0.2, 0.25) is 0 Å². The van der Waals surface area contributed by atoms with Crippen LogP contribution in [-0.2, 0) is 6.54 Å². The minimum absolute atomic E-state index is 0.249. The summed E-state index contributed by atoms with van der Waals surface area (Å²) in [4.78, 5) is 4.23. The highest BCUT2D eigenvalue weighted by molar-refractivity contribution is 5.63. The van der Waals surface area contributed by atoms with Gasteiger partial charge in [-0.25, -0.2) is 0 Å². The number of nitrogens with two attached hydrogens (primary N) is 1. The first kappa shape index (κ1) is 11.2. The molecular formula is C13H15N3O2. The molecule has 0 aliphatic heterocycles. The Morgan fingerprint density at radius 3 is 2.83 bits per heavy atom. The molecular weight excluding hydrogens is 230 g/mol. The van der Waals surface area contributed by atoms with E-state index in [9.17, 15) is 0 Å². The Kier molecular flexibility index (Phi) is 2.98. The van der Waals surface area contributed by atoms with E-state index in [1.54, 1.807) is 0 Å². The van der Waals surface area contributed by atoms with Crippen LogP contribution < -0.4 is 10.5 Å². The van der Waals surface area contributed by atoms with Gasteiger partial charge in [0, 0.05) is 0 Å². The Bertz CT molecular complexity index is 535. The first-order chi connectivity index (χ1) is 8.86. The van der Waals surface area contributed by atoms with Crippen LogP contribution in [0.3, 0.4) is 0 Å². The molecule has 1 aliphatic carbocycles. The van der Waals surface area contributed by atoms with Crippen LogP contribution in [0.5, 0.6) is 5.75 Å². The second kappa shape index (κ2) is 4.78. The van der Waals surface area contributed by atoms with E-state index in [0.29, 0.717) is 17.8 Å². The topological polar surface area (TPSA) is 74.2 Å². The zero-order chi connectivity index (χ0) is 12.4. The number of aromatic nitrogens is 2. The molecule has 1 aromatic heterocycles. The average Bonchev–Trinajstić information content (AvgIpc) is 2.83. The van der Waals surface area contributed by atoms with E-state index in [0.717, 1.165) is 24.2 Å². The summed E-state index contributed by atoms with van der Waals surface area (Å²) in [5.74, 6) is 1.78. The van der Waals surface area contributed by atoms with Gasteiger partial charge in [-0.3, -0.25) is 0 Å². The average molecular weight is 245 g/mol. The smallest absolute Gasteiger partial charge is 0.240 e. The van der Waals surface area contributed by atoms with Crippen molar-refractivity contribution in [3.63, 3.8) is 0 Å². The molecule has 0 radical (unpaired) electrons. The van der Waals surface area contributed by atoms with E-state index in [4.69, 9.17) is 15.0 Å². The quantitative estimate of drug-likeness (QED) is 0.893. The van der Waals surface area contributed by atoms with Crippen molar-refractivity contribution in [1.82, 2.24) is 10.1 Å². The predicted molar refractivity (Wildman–Crippen MR) is 65.9 cm³/mol. The van der Waals surface area contributed by atoms with E-state index in [1.807, 2.05) is 24.3 Å². The number of ether oxygens (including phenoxy) is 1. The van der Waals surface area contributed by atoms with E-state index in [1.165, 1.54) is 6.42 Å². The van der Waals surface area contributed by atoms with Gasteiger partial charge in [-0.05, 0) is 31.4 Å². The highest BCUT2D eigenvalue weighted by Crippen LogP contribution is 2.32. The van der Waals surface area contributed by atoms with Crippen molar-refractivity contribution in [1.29, 1.82) is 0 Å². The fourth-order valence-electron chi connectivity index (χ4n) is 1.87. The summed E-state index contributed by atoms with van der Waals surface area (Å²) >= 11 is 0. The molecule has 1 aromatic carbocycles. The van der Waals surface area contributed by atoms with Crippen molar-refractivity contribution in [3.8, 4) is 17.1 Å². The molecule has 1 heterocycles. The van der Waals surface area contributed by atoms with Crippen LogP contribution >= 0.6 is 0 Å². The van der Waals surface area contributed by atoms with E-state index >= 15 is 0 Å². The minimum Gasteiger partial charge on any atom is -0.490 e. The Balaban J connectivity index is 1.89. The Labute approximate surface area is 105 Å². The molecule has 0 saturated heterocycles. The lowest BCUT2D eigenvalue weighted by Gasteiger charge is -2.27. The summed E-state index contributed by atoms with van der Waals surface area (Å²) in [6, 6.07) is 7.74. The van der Waals surface area contributed by atoms with Gasteiger partial charge >= 0.3 is 0 Å². The lowest BCUT2D eigenvalue weighted by Crippen LogP contribution is -2.24. The van der Waals surface area contributed by atoms with Gasteiger partial charge in [-0.15, -0.1) is 0 Å². The zero-order valence-corrected chi connectivity index (χ0v) is 10.0. The van der Waals surface area contributed by atoms with Gasteiger partial charge < -0.3 is 15.0 Å². The molecule has 5 heteroatoms. The summed E-state index contributed by atoms with van der Waals surface area (Å²) in [6.07, 6.45) is 3.81. The first-order valence-electron chi connectivity index (χ1n) is 6.15. The van der Waals surface area contributed by atoms with E-state index < -0.39 is 0 Å². The molecule has 2 aromatic rings. The van der Waals surface area contributed by atoms with Crippen molar-refractivity contribution in [2.45, 2.75) is 31.9 Å². The van der Waals surface area contributed by atoms with Gasteiger partial charge in [0.2, 0.25) is 11.7 Å². The molecule has 2 N–H and O–H groups in total. The zero-order valence-electron chi connectivity index (χ0n) is 10.0. The summed E-state index contributed by atoms with van der Waals surface area (Å²) < 4.78 is 11.0. The van der Waals surface area contributed by atoms with Crippen LogP contribution in [0.1, 0.15) is 25.2 Å². The van der Waals surface area contributed by atoms with Crippen molar-refractivity contribution in [2.75, 3.05) is 0 Å². The number of rotatable bonds is 4. The van der Waals surface area contributed by atoms with Gasteiger partial charge in [0.25, 0.3) is 0 Å². The fraction of sp³-hybridized carbons (Fsp3) is 0.385. The monoisotopic (exact) mass is 245 g/mol. The number of para-hydroxylation sites is 1. The summed E-state index contributed by atoms with van der Waals surface area (Å²) in [5.41, 5.74) is 6.32. The lowest BCUT2D eigenvalue weighted by molar-refractivity contribution is 0.121. The highest BCUT2D eigenvalue weighted by atomic mass is 16.5. The molecule has 0 amide bonds. The SMILES string of the molecule is NCc1nc(-c2ccccc2OC2CCC2)no1. The van der Waals surface area contributed by atoms with Crippen molar-refractivity contribution >= 4 is 0 Å². The van der Waals surface area contributed by atoms with Gasteiger partial charge in [0.1, 0.15) is 5.75 Å². The van der Waals surface area contributed by atoms with Gasteiger partial charge in [-0.1, -0.05) is 17.3 Å². The summed E-state index contributed by atoms with van der Waals surface area (Å²) in [6.45, 7) is 0.249. The van der Waals surface area contributed by atoms with Crippen LogP contribution in [0, 0.1) is 0 Å². The maximum atomic E-state index is 5.93. The number of nitrogens with zero attached hydrogens (tertiary/aromatic N) is 2. The second-order valence-corrected chi connectivity index (χ2v) is 4.38. The van der Waals surface area contributed by atoms with Crippen LogP contribution in [0.25, 0.3) is 11.4 Å². The van der Waals surface area contributed by atoms with Crippen LogP contribution in [-0.4, -0.2) is 16.2 Å². The largest absolute Gasteiger partial charge is 0.490 e. The molecule has 1 fully saturated rings. The Morgan fingerprint density at radius 1 is 1.33 bits per heavy atom. The van der Waals surface area contributed by atoms with E-state index in [2.05, 4.69) is 10.1 Å². The number of hydrogen-bond acceptors (Lipinski definition) is 5. The summed E-state index contributed by atoms with van der Waals surface area (Å²) in [5, 5.41) is 3.92. The third-order valence-corrected chi connectivity index (χ3v) is 3.12. The lowest BCUT2D eigenvalue weighted by atomic mass is 9.96. The maximum absolute atomic E-state index is 5.93. The predicted octanol–water partition coefficient (Wildman–Crippen LogP) is 2.13. The van der Waals surface area contributed by atoms with Gasteiger partial charge in [0.15, 0.2) is 0 Å². The molecule has 0 unspecified atom stereocenters. The molecule has 1 saturated carbocycles. The normalized spacial score (nSPS) is 15.4. The number of hydrogen-bond donors (Lipinski definition) is 1. The maximum Gasteiger partial charge on any atom is 0.240 e. The Hall–Kier alpha value is -1.88. The molecule has 0 spiro atoms. The molecule has 0 atom stereocenters. The van der Waals surface area contributed by atoms with Crippen molar-refractivity contribution in [3.05, 3.63) is 30.2 Å². The highest BCUT2D eigenvalue weighted by Gasteiger charge is 2.21. The molecule has 18 heavy (non-hydrogen) atoms. The Morgan fingerprint density at radius 2 is 2.17 bits per heavy atom.